The summed E-state index contributed by atoms with van der Waals surface area (Å²) < 4.78 is 10.8. The maximum atomic E-state index is 5.67. The molecule has 0 aromatic heterocycles. The normalized spacial score (nSPS) is 30.2. The van der Waals surface area contributed by atoms with Gasteiger partial charge in [-0.05, 0) is 0 Å². The van der Waals surface area contributed by atoms with Gasteiger partial charge in [-0.1, -0.05) is 0 Å². The molecule has 2 fully saturated rings. The fraction of sp³-hybridized carbons (Fsp3) is 1.00. The zero-order valence-corrected chi connectivity index (χ0v) is 10.6. The number of halogens is 2. The van der Waals surface area contributed by atoms with E-state index in [2.05, 4.69) is 10.2 Å². The highest BCUT2D eigenvalue weighted by atomic mass is 35.5. The van der Waals surface area contributed by atoms with Crippen LogP contribution in [0.3, 0.4) is 0 Å². The molecule has 0 bridgehead atoms. The molecule has 2 heterocycles. The monoisotopic (exact) mass is 258 g/mol. The first-order valence-electron chi connectivity index (χ1n) is 4.97. The SMILES string of the molecule is COCCN1CCO[C@H]2CNC[C@H]21.Cl.Cl. The Morgan fingerprint density at radius 2 is 2.20 bits per heavy atom. The molecule has 2 atom stereocenters. The smallest absolute Gasteiger partial charge is 0.0867 e. The number of hydrogen-bond donors (Lipinski definition) is 1. The Kier molecular flexibility index (Phi) is 7.87. The minimum Gasteiger partial charge on any atom is -0.383 e. The number of rotatable bonds is 3. The summed E-state index contributed by atoms with van der Waals surface area (Å²) in [5.41, 5.74) is 0. The van der Waals surface area contributed by atoms with Gasteiger partial charge in [-0.25, -0.2) is 0 Å². The van der Waals surface area contributed by atoms with Crippen molar-refractivity contribution >= 4 is 24.8 Å². The fourth-order valence-electron chi connectivity index (χ4n) is 2.15. The van der Waals surface area contributed by atoms with Crippen molar-refractivity contribution in [1.82, 2.24) is 10.2 Å². The van der Waals surface area contributed by atoms with E-state index in [9.17, 15) is 0 Å². The Morgan fingerprint density at radius 3 is 2.93 bits per heavy atom. The van der Waals surface area contributed by atoms with Crippen LogP contribution in [0.15, 0.2) is 0 Å². The van der Waals surface area contributed by atoms with Gasteiger partial charge in [0.2, 0.25) is 0 Å². The average Bonchev–Trinajstić information content (AvgIpc) is 2.62. The molecule has 2 aliphatic heterocycles. The lowest BCUT2D eigenvalue weighted by Gasteiger charge is -2.36. The first kappa shape index (κ1) is 15.4. The van der Waals surface area contributed by atoms with Gasteiger partial charge in [0.15, 0.2) is 0 Å². The van der Waals surface area contributed by atoms with Crippen LogP contribution in [0.1, 0.15) is 0 Å². The molecular weight excluding hydrogens is 239 g/mol. The molecule has 0 saturated carbocycles. The Bertz CT molecular complexity index is 174. The number of hydrogen-bond acceptors (Lipinski definition) is 4. The van der Waals surface area contributed by atoms with Crippen molar-refractivity contribution in [2.45, 2.75) is 12.1 Å². The van der Waals surface area contributed by atoms with Crippen LogP contribution < -0.4 is 5.32 Å². The summed E-state index contributed by atoms with van der Waals surface area (Å²) in [6.45, 7) is 5.84. The lowest BCUT2D eigenvalue weighted by atomic mass is 10.1. The molecule has 0 aliphatic carbocycles. The van der Waals surface area contributed by atoms with Gasteiger partial charge in [-0.2, -0.15) is 0 Å². The second-order valence-corrected chi connectivity index (χ2v) is 3.66. The molecule has 6 heteroatoms. The summed E-state index contributed by atoms with van der Waals surface area (Å²) in [7, 11) is 1.75. The zero-order valence-electron chi connectivity index (χ0n) is 8.98. The van der Waals surface area contributed by atoms with E-state index in [0.717, 1.165) is 39.4 Å². The van der Waals surface area contributed by atoms with Gasteiger partial charge in [0.1, 0.15) is 0 Å². The third-order valence-corrected chi connectivity index (χ3v) is 2.89. The van der Waals surface area contributed by atoms with Gasteiger partial charge in [-0.15, -0.1) is 24.8 Å². The highest BCUT2D eigenvalue weighted by molar-refractivity contribution is 5.85. The van der Waals surface area contributed by atoms with Crippen LogP contribution >= 0.6 is 24.8 Å². The van der Waals surface area contributed by atoms with Crippen LogP contribution in [0.2, 0.25) is 0 Å². The predicted molar refractivity (Wildman–Crippen MR) is 64.3 cm³/mol. The number of fused-ring (bicyclic) bond motifs is 1. The minimum absolute atomic E-state index is 0. The first-order chi connectivity index (χ1) is 6.42. The second-order valence-electron chi connectivity index (χ2n) is 3.66. The van der Waals surface area contributed by atoms with Crippen molar-refractivity contribution in [2.75, 3.05) is 46.5 Å². The summed E-state index contributed by atoms with van der Waals surface area (Å²) >= 11 is 0. The summed E-state index contributed by atoms with van der Waals surface area (Å²) in [5.74, 6) is 0. The Morgan fingerprint density at radius 1 is 1.40 bits per heavy atom. The van der Waals surface area contributed by atoms with Crippen LogP contribution in [-0.4, -0.2) is 63.5 Å². The fourth-order valence-corrected chi connectivity index (χ4v) is 2.15. The van der Waals surface area contributed by atoms with Gasteiger partial charge in [0, 0.05) is 39.3 Å². The molecule has 92 valence electrons. The number of ether oxygens (including phenoxy) is 2. The maximum Gasteiger partial charge on any atom is 0.0867 e. The number of morpholine rings is 1. The summed E-state index contributed by atoms with van der Waals surface area (Å²) in [5, 5.41) is 3.36. The highest BCUT2D eigenvalue weighted by Crippen LogP contribution is 2.16. The van der Waals surface area contributed by atoms with Crippen LogP contribution in [0, 0.1) is 0 Å². The molecule has 0 unspecified atom stereocenters. The maximum absolute atomic E-state index is 5.67. The van der Waals surface area contributed by atoms with Gasteiger partial charge >= 0.3 is 0 Å². The summed E-state index contributed by atoms with van der Waals surface area (Å²) in [6, 6.07) is 0.573. The third-order valence-electron chi connectivity index (χ3n) is 2.89. The van der Waals surface area contributed by atoms with Gasteiger partial charge < -0.3 is 14.8 Å². The van der Waals surface area contributed by atoms with E-state index in [1.807, 2.05) is 0 Å². The van der Waals surface area contributed by atoms with E-state index in [0.29, 0.717) is 12.1 Å². The summed E-state index contributed by atoms with van der Waals surface area (Å²) in [6.07, 6.45) is 0.408. The molecule has 4 nitrogen and oxygen atoms in total. The van der Waals surface area contributed by atoms with E-state index < -0.39 is 0 Å². The molecule has 0 radical (unpaired) electrons. The van der Waals surface area contributed by atoms with Crippen molar-refractivity contribution in [3.8, 4) is 0 Å². The quantitative estimate of drug-likeness (QED) is 0.782. The second kappa shape index (κ2) is 7.65. The van der Waals surface area contributed by atoms with E-state index in [4.69, 9.17) is 9.47 Å². The van der Waals surface area contributed by atoms with E-state index >= 15 is 0 Å². The topological polar surface area (TPSA) is 33.7 Å². The van der Waals surface area contributed by atoms with Crippen molar-refractivity contribution in [3.63, 3.8) is 0 Å². The van der Waals surface area contributed by atoms with Crippen molar-refractivity contribution in [3.05, 3.63) is 0 Å². The summed E-state index contributed by atoms with van der Waals surface area (Å²) in [4.78, 5) is 2.47. The lowest BCUT2D eigenvalue weighted by molar-refractivity contribution is -0.0523. The molecule has 0 spiro atoms. The Labute approximate surface area is 103 Å². The van der Waals surface area contributed by atoms with Gasteiger partial charge in [0.05, 0.1) is 19.3 Å². The Balaban J connectivity index is 0.000000980. The lowest BCUT2D eigenvalue weighted by Crippen LogP contribution is -2.51. The zero-order chi connectivity index (χ0) is 9.10. The molecule has 2 rings (SSSR count). The van der Waals surface area contributed by atoms with Crippen LogP contribution in [0.4, 0.5) is 0 Å². The van der Waals surface area contributed by atoms with E-state index in [1.54, 1.807) is 7.11 Å². The predicted octanol–water partition coefficient (Wildman–Crippen LogP) is 0.149. The minimum atomic E-state index is 0. The van der Waals surface area contributed by atoms with Crippen LogP contribution in [-0.2, 0) is 9.47 Å². The molecule has 2 aliphatic rings. The van der Waals surface area contributed by atoms with Crippen LogP contribution in [0.25, 0.3) is 0 Å². The Hall–Kier alpha value is 0.420. The van der Waals surface area contributed by atoms with Crippen molar-refractivity contribution < 1.29 is 9.47 Å². The number of methoxy groups -OCH3 is 1. The first-order valence-corrected chi connectivity index (χ1v) is 4.97. The molecule has 0 amide bonds. The van der Waals surface area contributed by atoms with Gasteiger partial charge in [-0.3, -0.25) is 4.90 Å². The molecule has 2 saturated heterocycles. The molecule has 0 aromatic carbocycles. The number of nitrogens with one attached hydrogen (secondary N) is 1. The number of nitrogens with zero attached hydrogens (tertiary/aromatic N) is 1. The standard InChI is InChI=1S/C9H18N2O2.2ClH/c1-12-4-2-11-3-5-13-9-7-10-6-8(9)11;;/h8-10H,2-7H2,1H3;2*1H/t8-,9+;;/m1../s1. The van der Waals surface area contributed by atoms with E-state index in [-0.39, 0.29) is 24.8 Å². The average molecular weight is 259 g/mol. The van der Waals surface area contributed by atoms with Crippen LogP contribution in [0.5, 0.6) is 0 Å². The van der Waals surface area contributed by atoms with Crippen molar-refractivity contribution in [2.24, 2.45) is 0 Å². The third kappa shape index (κ3) is 3.73. The largest absolute Gasteiger partial charge is 0.383 e. The van der Waals surface area contributed by atoms with Gasteiger partial charge in [0.25, 0.3) is 0 Å². The molecular formula is C9H20Cl2N2O2. The molecule has 0 aromatic rings. The highest BCUT2D eigenvalue weighted by Gasteiger charge is 2.35. The molecule has 15 heavy (non-hydrogen) atoms. The molecule has 1 N–H and O–H groups in total. The van der Waals surface area contributed by atoms with Crippen molar-refractivity contribution in [1.29, 1.82) is 0 Å². The van der Waals surface area contributed by atoms with E-state index in [1.165, 1.54) is 0 Å².